The van der Waals surface area contributed by atoms with Crippen LogP contribution in [0, 0.1) is 0 Å². The molecule has 0 aromatic carbocycles. The molecule has 0 aliphatic carbocycles. The van der Waals surface area contributed by atoms with E-state index in [1.54, 1.807) is 13.8 Å². The molecule has 3 fully saturated rings. The molecule has 0 bridgehead atoms. The first-order valence-corrected chi connectivity index (χ1v) is 8.63. The van der Waals surface area contributed by atoms with Crippen LogP contribution in [-0.2, 0) is 23.8 Å². The maximum Gasteiger partial charge on any atom is 0.311 e. The van der Waals surface area contributed by atoms with Crippen molar-refractivity contribution in [2.45, 2.75) is 69.5 Å². The molecule has 0 aromatic rings. The summed E-state index contributed by atoms with van der Waals surface area (Å²) in [5, 5.41) is 12.8. The summed E-state index contributed by atoms with van der Waals surface area (Å²) >= 11 is 0. The Bertz CT molecular complexity index is 542. The van der Waals surface area contributed by atoms with E-state index in [2.05, 4.69) is 5.32 Å². The predicted octanol–water partition coefficient (Wildman–Crippen LogP) is -1.32. The highest BCUT2D eigenvalue weighted by molar-refractivity contribution is 6.35. The summed E-state index contributed by atoms with van der Waals surface area (Å²) in [4.78, 5) is 25.8. The molecule has 0 aromatic heterocycles. The van der Waals surface area contributed by atoms with E-state index in [1.807, 2.05) is 6.92 Å². The van der Waals surface area contributed by atoms with Gasteiger partial charge in [0.1, 0.15) is 18.3 Å². The van der Waals surface area contributed by atoms with Gasteiger partial charge in [-0.1, -0.05) is 0 Å². The Morgan fingerprint density at radius 3 is 2.48 bits per heavy atom. The first-order chi connectivity index (χ1) is 11.6. The van der Waals surface area contributed by atoms with E-state index < -0.39 is 42.2 Å². The van der Waals surface area contributed by atoms with Crippen molar-refractivity contribution in [2.75, 3.05) is 19.6 Å². The standard InChI is InChI=1S/C16H27N3O6/c1-15(2)24-11-10(20)9(23-14(11)25-15)8-18-12(21)13(22)19-6-4-16(3,17)5-7-19/h9-11,14,20H,4-8,17H2,1-3H3,(H,18,21). The van der Waals surface area contributed by atoms with Crippen LogP contribution >= 0.6 is 0 Å². The van der Waals surface area contributed by atoms with E-state index in [9.17, 15) is 14.7 Å². The molecule has 2 amide bonds. The van der Waals surface area contributed by atoms with E-state index in [0.717, 1.165) is 0 Å². The summed E-state index contributed by atoms with van der Waals surface area (Å²) in [5.41, 5.74) is 5.74. The predicted molar refractivity (Wildman–Crippen MR) is 86.1 cm³/mol. The molecular formula is C16H27N3O6. The van der Waals surface area contributed by atoms with Crippen LogP contribution in [0.1, 0.15) is 33.6 Å². The van der Waals surface area contributed by atoms with Crippen LogP contribution in [-0.4, -0.2) is 77.4 Å². The number of hydrogen-bond donors (Lipinski definition) is 3. The average Bonchev–Trinajstić information content (AvgIpc) is 2.97. The van der Waals surface area contributed by atoms with Gasteiger partial charge in [0.2, 0.25) is 0 Å². The summed E-state index contributed by atoms with van der Waals surface area (Å²) in [6.45, 7) is 6.35. The van der Waals surface area contributed by atoms with Crippen LogP contribution in [0.3, 0.4) is 0 Å². The number of fused-ring (bicyclic) bond motifs is 1. The molecule has 9 heteroatoms. The number of amides is 2. The first-order valence-electron chi connectivity index (χ1n) is 8.63. The van der Waals surface area contributed by atoms with Crippen molar-refractivity contribution in [1.29, 1.82) is 0 Å². The molecule has 3 saturated heterocycles. The molecule has 4 atom stereocenters. The molecule has 3 heterocycles. The van der Waals surface area contributed by atoms with E-state index in [1.165, 1.54) is 4.90 Å². The zero-order valence-corrected chi connectivity index (χ0v) is 14.9. The van der Waals surface area contributed by atoms with Crippen molar-refractivity contribution in [3.63, 3.8) is 0 Å². The van der Waals surface area contributed by atoms with Crippen LogP contribution in [0.15, 0.2) is 0 Å². The van der Waals surface area contributed by atoms with Gasteiger partial charge in [0.15, 0.2) is 12.1 Å². The summed E-state index contributed by atoms with van der Waals surface area (Å²) in [7, 11) is 0. The summed E-state index contributed by atoms with van der Waals surface area (Å²) in [6, 6.07) is 0. The number of piperidine rings is 1. The van der Waals surface area contributed by atoms with Gasteiger partial charge in [-0.2, -0.15) is 0 Å². The maximum absolute atomic E-state index is 12.2. The first kappa shape index (κ1) is 18.5. The third-order valence-corrected chi connectivity index (χ3v) is 4.97. The lowest BCUT2D eigenvalue weighted by Gasteiger charge is -2.36. The van der Waals surface area contributed by atoms with Crippen molar-refractivity contribution in [2.24, 2.45) is 5.73 Å². The maximum atomic E-state index is 12.2. The van der Waals surface area contributed by atoms with Crippen molar-refractivity contribution in [1.82, 2.24) is 10.2 Å². The number of carbonyl (C=O) groups excluding carboxylic acids is 2. The van der Waals surface area contributed by atoms with E-state index >= 15 is 0 Å². The van der Waals surface area contributed by atoms with Crippen LogP contribution in [0.5, 0.6) is 0 Å². The number of hydrogen-bond acceptors (Lipinski definition) is 7. The minimum absolute atomic E-state index is 0.00827. The van der Waals surface area contributed by atoms with Crippen LogP contribution in [0.2, 0.25) is 0 Å². The average molecular weight is 357 g/mol. The molecule has 3 aliphatic rings. The van der Waals surface area contributed by atoms with Crippen LogP contribution < -0.4 is 11.1 Å². The third-order valence-electron chi connectivity index (χ3n) is 4.97. The lowest BCUT2D eigenvalue weighted by atomic mass is 9.91. The number of ether oxygens (including phenoxy) is 3. The Hall–Kier alpha value is -1.26. The van der Waals surface area contributed by atoms with Gasteiger partial charge in [0, 0.05) is 25.2 Å². The van der Waals surface area contributed by atoms with Crippen molar-refractivity contribution in [3.8, 4) is 0 Å². The normalized spacial score (nSPS) is 36.1. The highest BCUT2D eigenvalue weighted by Gasteiger charge is 2.54. The van der Waals surface area contributed by atoms with Gasteiger partial charge < -0.3 is 35.3 Å². The number of aliphatic hydroxyl groups excluding tert-OH is 1. The Morgan fingerprint density at radius 2 is 1.88 bits per heavy atom. The molecule has 4 N–H and O–H groups in total. The van der Waals surface area contributed by atoms with Gasteiger partial charge in [0.05, 0.1) is 0 Å². The molecule has 0 saturated carbocycles. The van der Waals surface area contributed by atoms with Gasteiger partial charge in [-0.05, 0) is 33.6 Å². The number of aliphatic hydroxyl groups is 1. The van der Waals surface area contributed by atoms with E-state index in [0.29, 0.717) is 25.9 Å². The molecule has 3 rings (SSSR count). The molecule has 0 spiro atoms. The second-order valence-electron chi connectivity index (χ2n) is 7.79. The second kappa shape index (κ2) is 6.48. The van der Waals surface area contributed by atoms with E-state index in [-0.39, 0.29) is 12.1 Å². The van der Waals surface area contributed by atoms with Crippen molar-refractivity contribution < 1.29 is 28.9 Å². The molecular weight excluding hydrogens is 330 g/mol. The van der Waals surface area contributed by atoms with Crippen LogP contribution in [0.4, 0.5) is 0 Å². The second-order valence-corrected chi connectivity index (χ2v) is 7.79. The smallest absolute Gasteiger partial charge is 0.311 e. The summed E-state index contributed by atoms with van der Waals surface area (Å²) in [5.74, 6) is -2.11. The Morgan fingerprint density at radius 1 is 1.24 bits per heavy atom. The molecule has 25 heavy (non-hydrogen) atoms. The fourth-order valence-corrected chi connectivity index (χ4v) is 3.36. The van der Waals surface area contributed by atoms with Crippen molar-refractivity contribution in [3.05, 3.63) is 0 Å². The number of nitrogens with one attached hydrogen (secondary N) is 1. The summed E-state index contributed by atoms with van der Waals surface area (Å²) in [6.07, 6.45) is -1.58. The fraction of sp³-hybridized carbons (Fsp3) is 0.875. The Balaban J connectivity index is 1.46. The highest BCUT2D eigenvalue weighted by Crippen LogP contribution is 2.37. The molecule has 3 aliphatic heterocycles. The largest absolute Gasteiger partial charge is 0.387 e. The fourth-order valence-electron chi connectivity index (χ4n) is 3.36. The quantitative estimate of drug-likeness (QED) is 0.524. The van der Waals surface area contributed by atoms with Crippen LogP contribution in [0.25, 0.3) is 0 Å². The topological polar surface area (TPSA) is 123 Å². The zero-order valence-electron chi connectivity index (χ0n) is 14.9. The third kappa shape index (κ3) is 3.95. The highest BCUT2D eigenvalue weighted by atomic mass is 16.8. The number of nitrogens with zero attached hydrogens (tertiary/aromatic N) is 1. The van der Waals surface area contributed by atoms with Gasteiger partial charge in [0.25, 0.3) is 0 Å². The number of rotatable bonds is 2. The Labute approximate surface area is 146 Å². The monoisotopic (exact) mass is 357 g/mol. The molecule has 4 unspecified atom stereocenters. The van der Waals surface area contributed by atoms with Gasteiger partial charge >= 0.3 is 11.8 Å². The van der Waals surface area contributed by atoms with E-state index in [4.69, 9.17) is 19.9 Å². The SMILES string of the molecule is CC1(N)CCN(C(=O)C(=O)NCC2OC3OC(C)(C)OC3C2O)CC1. The lowest BCUT2D eigenvalue weighted by molar-refractivity contribution is -0.214. The lowest BCUT2D eigenvalue weighted by Crippen LogP contribution is -2.53. The molecule has 9 nitrogen and oxygen atoms in total. The molecule has 0 radical (unpaired) electrons. The van der Waals surface area contributed by atoms with Gasteiger partial charge in [-0.3, -0.25) is 9.59 Å². The number of carbonyl (C=O) groups is 2. The number of likely N-dealkylation sites (tertiary alicyclic amines) is 1. The minimum Gasteiger partial charge on any atom is -0.387 e. The zero-order chi connectivity index (χ0) is 18.4. The van der Waals surface area contributed by atoms with Crippen molar-refractivity contribution >= 4 is 11.8 Å². The van der Waals surface area contributed by atoms with Gasteiger partial charge in [-0.15, -0.1) is 0 Å². The number of nitrogens with two attached hydrogens (primary N) is 1. The van der Waals surface area contributed by atoms with Gasteiger partial charge in [-0.25, -0.2) is 0 Å². The minimum atomic E-state index is -0.935. The summed E-state index contributed by atoms with van der Waals surface area (Å²) < 4.78 is 16.7. The Kier molecular flexibility index (Phi) is 4.80. The molecule has 142 valence electrons.